The quantitative estimate of drug-likeness (QED) is 0.556. The molecule has 0 saturated carbocycles. The number of hydrogen-bond acceptors (Lipinski definition) is 6. The summed E-state index contributed by atoms with van der Waals surface area (Å²) in [5.74, 6) is -1.08. The SMILES string of the molecule is CCOC(=O)C1CCCC(C(=O)OC)N1C(=O)OC. The van der Waals surface area contributed by atoms with Gasteiger partial charge in [0.15, 0.2) is 0 Å². The van der Waals surface area contributed by atoms with E-state index in [0.717, 1.165) is 4.90 Å². The van der Waals surface area contributed by atoms with Crippen molar-refractivity contribution in [2.45, 2.75) is 38.3 Å². The zero-order valence-electron chi connectivity index (χ0n) is 11.4. The number of esters is 2. The van der Waals surface area contributed by atoms with Gasteiger partial charge < -0.3 is 14.2 Å². The molecule has 0 spiro atoms. The van der Waals surface area contributed by atoms with E-state index in [1.54, 1.807) is 6.92 Å². The van der Waals surface area contributed by atoms with Crippen LogP contribution in [0.2, 0.25) is 0 Å². The highest BCUT2D eigenvalue weighted by atomic mass is 16.6. The fraction of sp³-hybridized carbons (Fsp3) is 0.750. The molecule has 2 atom stereocenters. The van der Waals surface area contributed by atoms with Gasteiger partial charge in [0.05, 0.1) is 20.8 Å². The van der Waals surface area contributed by atoms with Crippen molar-refractivity contribution in [3.63, 3.8) is 0 Å². The van der Waals surface area contributed by atoms with Crippen molar-refractivity contribution < 1.29 is 28.6 Å². The number of rotatable bonds is 3. The summed E-state index contributed by atoms with van der Waals surface area (Å²) in [7, 11) is 2.44. The Bertz CT molecular complexity index is 356. The first-order valence-electron chi connectivity index (χ1n) is 6.17. The molecule has 0 aliphatic carbocycles. The van der Waals surface area contributed by atoms with E-state index in [2.05, 4.69) is 9.47 Å². The number of likely N-dealkylation sites (tertiary alicyclic amines) is 1. The molecule has 0 N–H and O–H groups in total. The van der Waals surface area contributed by atoms with E-state index < -0.39 is 30.1 Å². The fourth-order valence-electron chi connectivity index (χ4n) is 2.20. The zero-order valence-corrected chi connectivity index (χ0v) is 11.4. The third-order valence-corrected chi connectivity index (χ3v) is 3.04. The van der Waals surface area contributed by atoms with Crippen LogP contribution in [0.15, 0.2) is 0 Å². The topological polar surface area (TPSA) is 82.1 Å². The predicted octanol–water partition coefficient (Wildman–Crippen LogP) is 0.712. The van der Waals surface area contributed by atoms with Crippen LogP contribution in [-0.4, -0.2) is 55.8 Å². The molecule has 2 unspecified atom stereocenters. The smallest absolute Gasteiger partial charge is 0.410 e. The number of ether oxygens (including phenoxy) is 3. The first-order valence-corrected chi connectivity index (χ1v) is 6.17. The molecule has 1 saturated heterocycles. The first kappa shape index (κ1) is 15.3. The molecule has 1 fully saturated rings. The van der Waals surface area contributed by atoms with Gasteiger partial charge in [0.2, 0.25) is 0 Å². The van der Waals surface area contributed by atoms with Crippen LogP contribution in [0.3, 0.4) is 0 Å². The first-order chi connectivity index (χ1) is 9.06. The molecule has 0 aromatic carbocycles. The summed E-state index contributed by atoms with van der Waals surface area (Å²) in [6, 6.07) is -1.61. The van der Waals surface area contributed by atoms with Gasteiger partial charge >= 0.3 is 18.0 Å². The molecule has 1 aliphatic rings. The summed E-state index contributed by atoms with van der Waals surface area (Å²) in [6.07, 6.45) is 0.795. The summed E-state index contributed by atoms with van der Waals surface area (Å²) in [5.41, 5.74) is 0. The Hall–Kier alpha value is -1.79. The van der Waals surface area contributed by atoms with Crippen molar-refractivity contribution in [3.05, 3.63) is 0 Å². The van der Waals surface area contributed by atoms with Crippen LogP contribution >= 0.6 is 0 Å². The molecule has 108 valence electrons. The highest BCUT2D eigenvalue weighted by Gasteiger charge is 2.43. The second kappa shape index (κ2) is 6.96. The van der Waals surface area contributed by atoms with E-state index in [9.17, 15) is 14.4 Å². The Labute approximate surface area is 111 Å². The number of nitrogens with zero attached hydrogens (tertiary/aromatic N) is 1. The third kappa shape index (κ3) is 3.36. The van der Waals surface area contributed by atoms with Gasteiger partial charge in [-0.05, 0) is 26.2 Å². The molecule has 1 heterocycles. The van der Waals surface area contributed by atoms with Crippen LogP contribution < -0.4 is 0 Å². The van der Waals surface area contributed by atoms with Crippen LogP contribution in [-0.2, 0) is 23.8 Å². The van der Waals surface area contributed by atoms with Gasteiger partial charge in [-0.1, -0.05) is 0 Å². The Morgan fingerprint density at radius 2 is 1.63 bits per heavy atom. The summed E-state index contributed by atoms with van der Waals surface area (Å²) in [6.45, 7) is 1.90. The number of amides is 1. The van der Waals surface area contributed by atoms with E-state index >= 15 is 0 Å². The van der Waals surface area contributed by atoms with Gasteiger partial charge in [-0.2, -0.15) is 0 Å². The molecule has 0 aromatic heterocycles. The van der Waals surface area contributed by atoms with Crippen LogP contribution in [0, 0.1) is 0 Å². The lowest BCUT2D eigenvalue weighted by atomic mass is 9.96. The normalized spacial score (nSPS) is 22.6. The zero-order chi connectivity index (χ0) is 14.4. The van der Waals surface area contributed by atoms with E-state index in [0.29, 0.717) is 19.3 Å². The van der Waals surface area contributed by atoms with Crippen molar-refractivity contribution in [1.82, 2.24) is 4.90 Å². The van der Waals surface area contributed by atoms with Crippen molar-refractivity contribution >= 4 is 18.0 Å². The molecule has 0 aromatic rings. The lowest BCUT2D eigenvalue weighted by molar-refractivity contribution is -0.157. The second-order valence-electron chi connectivity index (χ2n) is 4.12. The molecule has 0 radical (unpaired) electrons. The summed E-state index contributed by atoms with van der Waals surface area (Å²) < 4.78 is 14.2. The summed E-state index contributed by atoms with van der Waals surface area (Å²) in [5, 5.41) is 0. The van der Waals surface area contributed by atoms with Crippen molar-refractivity contribution in [2.75, 3.05) is 20.8 Å². The van der Waals surface area contributed by atoms with Crippen LogP contribution in [0.1, 0.15) is 26.2 Å². The second-order valence-corrected chi connectivity index (χ2v) is 4.12. The average molecular weight is 273 g/mol. The molecular formula is C12H19NO6. The predicted molar refractivity (Wildman–Crippen MR) is 64.3 cm³/mol. The molecule has 19 heavy (non-hydrogen) atoms. The number of methoxy groups -OCH3 is 2. The fourth-order valence-corrected chi connectivity index (χ4v) is 2.20. The third-order valence-electron chi connectivity index (χ3n) is 3.04. The van der Waals surface area contributed by atoms with Gasteiger partial charge in [0, 0.05) is 0 Å². The number of carbonyl (C=O) groups is 3. The molecule has 1 rings (SSSR count). The minimum atomic E-state index is -0.805. The van der Waals surface area contributed by atoms with Gasteiger partial charge in [0.25, 0.3) is 0 Å². The number of carbonyl (C=O) groups excluding carboxylic acids is 3. The van der Waals surface area contributed by atoms with Gasteiger partial charge in [-0.25, -0.2) is 14.4 Å². The minimum absolute atomic E-state index is 0.216. The largest absolute Gasteiger partial charge is 0.467 e. The number of piperidine rings is 1. The lowest BCUT2D eigenvalue weighted by Gasteiger charge is -2.37. The maximum atomic E-state index is 11.9. The molecule has 1 aliphatic heterocycles. The number of hydrogen-bond donors (Lipinski definition) is 0. The van der Waals surface area contributed by atoms with Crippen molar-refractivity contribution in [2.24, 2.45) is 0 Å². The monoisotopic (exact) mass is 273 g/mol. The highest BCUT2D eigenvalue weighted by molar-refractivity contribution is 5.87. The Balaban J connectivity index is 2.97. The minimum Gasteiger partial charge on any atom is -0.467 e. The molecule has 7 heteroatoms. The molecule has 7 nitrogen and oxygen atoms in total. The average Bonchev–Trinajstić information content (AvgIpc) is 2.44. The van der Waals surface area contributed by atoms with E-state index in [4.69, 9.17) is 4.74 Å². The molecule has 0 bridgehead atoms. The van der Waals surface area contributed by atoms with E-state index in [1.165, 1.54) is 14.2 Å². The van der Waals surface area contributed by atoms with Crippen molar-refractivity contribution in [1.29, 1.82) is 0 Å². The van der Waals surface area contributed by atoms with Crippen LogP contribution in [0.5, 0.6) is 0 Å². The van der Waals surface area contributed by atoms with Gasteiger partial charge in [-0.15, -0.1) is 0 Å². The van der Waals surface area contributed by atoms with Gasteiger partial charge in [0.1, 0.15) is 12.1 Å². The maximum absolute atomic E-state index is 11.9. The van der Waals surface area contributed by atoms with Crippen LogP contribution in [0.25, 0.3) is 0 Å². The standard InChI is InChI=1S/C12H19NO6/c1-4-19-11(15)9-7-5-6-8(10(14)17-2)13(9)12(16)18-3/h8-9H,4-7H2,1-3H3. The lowest BCUT2D eigenvalue weighted by Crippen LogP contribution is -2.56. The Morgan fingerprint density at radius 3 is 2.11 bits per heavy atom. The van der Waals surface area contributed by atoms with Gasteiger partial charge in [-0.3, -0.25) is 4.90 Å². The van der Waals surface area contributed by atoms with E-state index in [-0.39, 0.29) is 6.61 Å². The van der Waals surface area contributed by atoms with Crippen molar-refractivity contribution in [3.8, 4) is 0 Å². The maximum Gasteiger partial charge on any atom is 0.410 e. The Morgan fingerprint density at radius 1 is 1.05 bits per heavy atom. The highest BCUT2D eigenvalue weighted by Crippen LogP contribution is 2.25. The molecular weight excluding hydrogens is 254 g/mol. The molecule has 1 amide bonds. The summed E-state index contributed by atoms with van der Waals surface area (Å²) in [4.78, 5) is 36.5. The van der Waals surface area contributed by atoms with Crippen LogP contribution in [0.4, 0.5) is 4.79 Å². The summed E-state index contributed by atoms with van der Waals surface area (Å²) >= 11 is 0. The Kier molecular flexibility index (Phi) is 5.59. The van der Waals surface area contributed by atoms with E-state index in [1.807, 2.05) is 0 Å².